The summed E-state index contributed by atoms with van der Waals surface area (Å²) in [6.07, 6.45) is -1.26. The van der Waals surface area contributed by atoms with Gasteiger partial charge in [0, 0.05) is 34.6 Å². The van der Waals surface area contributed by atoms with Gasteiger partial charge < -0.3 is 0 Å². The highest BCUT2D eigenvalue weighted by Crippen LogP contribution is 2.38. The Labute approximate surface area is 163 Å². The zero-order valence-corrected chi connectivity index (χ0v) is 16.1. The summed E-state index contributed by atoms with van der Waals surface area (Å²) in [4.78, 5) is 8.03. The Kier molecular flexibility index (Phi) is 6.13. The van der Waals surface area contributed by atoms with Crippen molar-refractivity contribution < 1.29 is 21.6 Å². The van der Waals surface area contributed by atoms with Crippen molar-refractivity contribution >= 4 is 39.5 Å². The van der Waals surface area contributed by atoms with Crippen LogP contribution in [0, 0.1) is 0 Å². The van der Waals surface area contributed by atoms with Crippen LogP contribution in [0.2, 0.25) is 0 Å². The summed E-state index contributed by atoms with van der Waals surface area (Å²) in [5.74, 6) is 0. The molecule has 11 heteroatoms. The molecule has 0 aliphatic carbocycles. The number of aromatic nitrogens is 2. The van der Waals surface area contributed by atoms with E-state index in [0.29, 0.717) is 16.9 Å². The normalized spacial score (nSPS) is 11.7. The number of anilines is 1. The van der Waals surface area contributed by atoms with E-state index < -0.39 is 21.8 Å². The highest BCUT2D eigenvalue weighted by molar-refractivity contribution is 7.92. The van der Waals surface area contributed by atoms with Gasteiger partial charge >= 0.3 is 6.18 Å². The molecule has 0 saturated carbocycles. The second-order valence-corrected chi connectivity index (χ2v) is 8.02. The minimum Gasteiger partial charge on any atom is -0.284 e. The molecule has 0 saturated heterocycles. The Morgan fingerprint density at radius 1 is 1.19 bits per heavy atom. The number of nitrogens with zero attached hydrogens (tertiary/aromatic N) is 2. The van der Waals surface area contributed by atoms with Crippen molar-refractivity contribution in [2.24, 2.45) is 0 Å². The van der Waals surface area contributed by atoms with Gasteiger partial charge in [-0.3, -0.25) is 9.71 Å². The average Bonchev–Trinajstić information content (AvgIpc) is 3.02. The number of halogens is 4. The average molecular weight is 436 g/mol. The molecule has 3 rings (SSSR count). The lowest BCUT2D eigenvalue weighted by Crippen LogP contribution is -2.09. The van der Waals surface area contributed by atoms with Crippen molar-refractivity contribution in [1.82, 2.24) is 9.97 Å². The molecule has 0 atom stereocenters. The number of alkyl halides is 3. The van der Waals surface area contributed by atoms with E-state index in [1.54, 1.807) is 29.6 Å². The van der Waals surface area contributed by atoms with E-state index >= 15 is 0 Å². The maximum atomic E-state index is 13.2. The molecule has 2 heterocycles. The molecule has 5 nitrogen and oxygen atoms in total. The first-order valence-corrected chi connectivity index (χ1v) is 9.96. The summed E-state index contributed by atoms with van der Waals surface area (Å²) in [5.41, 5.74) is 0.470. The van der Waals surface area contributed by atoms with E-state index in [1.165, 1.54) is 0 Å². The smallest absolute Gasteiger partial charge is 0.284 e. The summed E-state index contributed by atoms with van der Waals surface area (Å²) in [6.45, 7) is 0. The molecule has 1 N–H and O–H groups in total. The number of hydrogen-bond acceptors (Lipinski definition) is 5. The lowest BCUT2D eigenvalue weighted by molar-refractivity contribution is -0.137. The minimum absolute atomic E-state index is 0. The number of rotatable bonds is 4. The third-order valence-corrected chi connectivity index (χ3v) is 4.80. The van der Waals surface area contributed by atoms with Crippen LogP contribution >= 0.6 is 23.7 Å². The van der Waals surface area contributed by atoms with Gasteiger partial charge in [-0.25, -0.2) is 13.4 Å². The van der Waals surface area contributed by atoms with Crippen LogP contribution in [0.25, 0.3) is 21.8 Å². The molecule has 0 unspecified atom stereocenters. The van der Waals surface area contributed by atoms with E-state index in [2.05, 4.69) is 14.7 Å². The summed E-state index contributed by atoms with van der Waals surface area (Å²) in [7, 11) is -3.44. The van der Waals surface area contributed by atoms with Crippen LogP contribution in [0.1, 0.15) is 5.56 Å². The topological polar surface area (TPSA) is 72.0 Å². The first-order valence-electron chi connectivity index (χ1n) is 7.19. The molecule has 1 aromatic carbocycles. The van der Waals surface area contributed by atoms with Crippen molar-refractivity contribution in [3.05, 3.63) is 53.7 Å². The Balaban J connectivity index is 0.00000261. The number of benzene rings is 1. The van der Waals surface area contributed by atoms with Crippen LogP contribution in [-0.4, -0.2) is 24.6 Å². The van der Waals surface area contributed by atoms with Gasteiger partial charge in [0.25, 0.3) is 0 Å². The van der Waals surface area contributed by atoms with Gasteiger partial charge in [-0.2, -0.15) is 13.2 Å². The highest BCUT2D eigenvalue weighted by atomic mass is 35.5. The summed E-state index contributed by atoms with van der Waals surface area (Å²) >= 11 is 1.06. The summed E-state index contributed by atoms with van der Waals surface area (Å²) < 4.78 is 64.5. The first kappa shape index (κ1) is 21.1. The maximum absolute atomic E-state index is 13.2. The fraction of sp³-hybridized carbons (Fsp3) is 0.125. The van der Waals surface area contributed by atoms with E-state index in [0.717, 1.165) is 36.1 Å². The largest absolute Gasteiger partial charge is 0.417 e. The molecule has 27 heavy (non-hydrogen) atoms. The predicted molar refractivity (Wildman–Crippen MR) is 101 cm³/mol. The molecule has 3 aromatic rings. The van der Waals surface area contributed by atoms with Gasteiger partial charge in [0.2, 0.25) is 10.0 Å². The lowest BCUT2D eigenvalue weighted by atomic mass is 10.1. The van der Waals surface area contributed by atoms with Crippen molar-refractivity contribution in [3.8, 4) is 21.8 Å². The van der Waals surface area contributed by atoms with Crippen LogP contribution < -0.4 is 4.72 Å². The zero-order valence-electron chi connectivity index (χ0n) is 13.7. The van der Waals surface area contributed by atoms with E-state index in [4.69, 9.17) is 0 Å². The van der Waals surface area contributed by atoms with Gasteiger partial charge in [0.05, 0.1) is 17.5 Å². The Bertz CT molecular complexity index is 1050. The van der Waals surface area contributed by atoms with Crippen LogP contribution in [-0.2, 0) is 16.2 Å². The quantitative estimate of drug-likeness (QED) is 0.645. The van der Waals surface area contributed by atoms with Crippen molar-refractivity contribution in [3.63, 3.8) is 0 Å². The molecule has 0 fully saturated rings. The number of hydrogen-bond donors (Lipinski definition) is 1. The molecule has 144 valence electrons. The van der Waals surface area contributed by atoms with Crippen LogP contribution in [0.4, 0.5) is 18.9 Å². The minimum atomic E-state index is -4.51. The number of nitrogens with one attached hydrogen (secondary N) is 1. The lowest BCUT2D eigenvalue weighted by Gasteiger charge is -2.09. The number of thiazole rings is 1. The Hall–Kier alpha value is -2.17. The molecule has 0 radical (unpaired) electrons. The van der Waals surface area contributed by atoms with Gasteiger partial charge in [-0.1, -0.05) is 12.1 Å². The van der Waals surface area contributed by atoms with Crippen LogP contribution in [0.5, 0.6) is 0 Å². The van der Waals surface area contributed by atoms with Gasteiger partial charge in [-0.15, -0.1) is 23.7 Å². The van der Waals surface area contributed by atoms with Gasteiger partial charge in [0.1, 0.15) is 5.01 Å². The van der Waals surface area contributed by atoms with Gasteiger partial charge in [-0.05, 0) is 18.2 Å². The third-order valence-electron chi connectivity index (χ3n) is 3.32. The zero-order chi connectivity index (χ0) is 18.9. The highest BCUT2D eigenvalue weighted by Gasteiger charge is 2.34. The molecule has 0 bridgehead atoms. The molecule has 0 amide bonds. The summed E-state index contributed by atoms with van der Waals surface area (Å²) in [5, 5.41) is 1.80. The Morgan fingerprint density at radius 2 is 1.93 bits per heavy atom. The SMILES string of the molecule is CS(=O)(=O)Nc1cccc(-c2csc(-c3cnccc3C(F)(F)F)n2)c1.Cl. The van der Waals surface area contributed by atoms with Crippen molar-refractivity contribution in [1.29, 1.82) is 0 Å². The first-order chi connectivity index (χ1) is 12.1. The fourth-order valence-corrected chi connectivity index (χ4v) is 3.71. The predicted octanol–water partition coefficient (Wildman–Crippen LogP) is 4.68. The summed E-state index contributed by atoms with van der Waals surface area (Å²) in [6, 6.07) is 7.37. The number of pyridine rings is 1. The maximum Gasteiger partial charge on any atom is 0.417 e. The molecule has 2 aromatic heterocycles. The second-order valence-electron chi connectivity index (χ2n) is 5.41. The van der Waals surface area contributed by atoms with E-state index in [1.807, 2.05) is 0 Å². The van der Waals surface area contributed by atoms with E-state index in [-0.39, 0.29) is 23.0 Å². The molecule has 0 aliphatic heterocycles. The molecule has 0 aliphatic rings. The molecule has 0 spiro atoms. The fourth-order valence-electron chi connectivity index (χ4n) is 2.30. The molecular formula is C16H13ClF3N3O2S2. The van der Waals surface area contributed by atoms with Crippen LogP contribution in [0.3, 0.4) is 0 Å². The Morgan fingerprint density at radius 3 is 2.59 bits per heavy atom. The standard InChI is InChI=1S/C16H12F3N3O2S2.ClH/c1-26(23,24)22-11-4-2-3-10(7-11)14-9-25-15(21-14)12-8-20-6-5-13(12)16(17,18)19;/h2-9,22H,1H3;1H. The number of sulfonamides is 1. The van der Waals surface area contributed by atoms with Crippen molar-refractivity contribution in [2.45, 2.75) is 6.18 Å². The molecular weight excluding hydrogens is 423 g/mol. The van der Waals surface area contributed by atoms with Crippen LogP contribution in [0.15, 0.2) is 48.1 Å². The van der Waals surface area contributed by atoms with E-state index in [9.17, 15) is 21.6 Å². The monoisotopic (exact) mass is 435 g/mol. The second kappa shape index (κ2) is 7.83. The van der Waals surface area contributed by atoms with Crippen molar-refractivity contribution in [2.75, 3.05) is 11.0 Å². The van der Waals surface area contributed by atoms with Gasteiger partial charge in [0.15, 0.2) is 0 Å². The third kappa shape index (κ3) is 5.18.